The summed E-state index contributed by atoms with van der Waals surface area (Å²) in [7, 11) is 0. The van der Waals surface area contributed by atoms with Gasteiger partial charge in [0.15, 0.2) is 0 Å². The molecule has 0 aromatic carbocycles. The first-order valence-corrected chi connectivity index (χ1v) is 7.77. The maximum Gasteiger partial charge on any atom is 0.240 e. The van der Waals surface area contributed by atoms with Gasteiger partial charge in [0.25, 0.3) is 0 Å². The molecule has 1 amide bonds. The molecule has 0 bridgehead atoms. The smallest absolute Gasteiger partial charge is 0.240 e. The summed E-state index contributed by atoms with van der Waals surface area (Å²) in [6.45, 7) is 2.12. The average molecular weight is 308 g/mol. The molecule has 23 heavy (non-hydrogen) atoms. The monoisotopic (exact) mass is 308 g/mol. The lowest BCUT2D eigenvalue weighted by atomic mass is 9.94. The van der Waals surface area contributed by atoms with Crippen LogP contribution in [0, 0.1) is 6.42 Å². The molecular formula is C17H18N5O. The van der Waals surface area contributed by atoms with Crippen LogP contribution in [0.1, 0.15) is 19.8 Å². The molecule has 1 aliphatic rings. The van der Waals surface area contributed by atoms with Crippen molar-refractivity contribution in [3.63, 3.8) is 0 Å². The second-order valence-corrected chi connectivity index (χ2v) is 6.04. The van der Waals surface area contributed by atoms with Gasteiger partial charge in [0.1, 0.15) is 11.7 Å². The Kier molecular flexibility index (Phi) is 3.18. The summed E-state index contributed by atoms with van der Waals surface area (Å²) in [4.78, 5) is 25.9. The van der Waals surface area contributed by atoms with Crippen LogP contribution < -0.4 is 10.6 Å². The first-order chi connectivity index (χ1) is 11.2. The van der Waals surface area contributed by atoms with Crippen molar-refractivity contribution in [3.8, 4) is 0 Å². The van der Waals surface area contributed by atoms with Crippen LogP contribution in [-0.4, -0.2) is 32.9 Å². The SMILES string of the molecule is CC1CC[CH]C(C(N)=O)N1c1cncc2cnc3[nH]ccc3c12. The van der Waals surface area contributed by atoms with E-state index in [1.807, 2.05) is 31.1 Å². The Morgan fingerprint density at radius 2 is 2.26 bits per heavy atom. The number of rotatable bonds is 2. The third-order valence-corrected chi connectivity index (χ3v) is 4.60. The number of piperidine rings is 1. The van der Waals surface area contributed by atoms with Gasteiger partial charge in [-0.15, -0.1) is 0 Å². The molecule has 4 heterocycles. The minimum absolute atomic E-state index is 0.215. The number of nitrogens with two attached hydrogens (primary N) is 1. The van der Waals surface area contributed by atoms with Crippen LogP contribution in [0.5, 0.6) is 0 Å². The highest BCUT2D eigenvalue weighted by molar-refractivity contribution is 6.11. The summed E-state index contributed by atoms with van der Waals surface area (Å²) >= 11 is 0. The van der Waals surface area contributed by atoms with E-state index in [2.05, 4.69) is 26.8 Å². The van der Waals surface area contributed by atoms with Crippen LogP contribution in [0.25, 0.3) is 21.8 Å². The molecule has 6 heteroatoms. The molecule has 1 aliphatic heterocycles. The number of aromatic nitrogens is 3. The second-order valence-electron chi connectivity index (χ2n) is 6.04. The van der Waals surface area contributed by atoms with E-state index in [1.165, 1.54) is 0 Å². The predicted octanol–water partition coefficient (Wildman–Crippen LogP) is 2.16. The van der Waals surface area contributed by atoms with Gasteiger partial charge in [0.2, 0.25) is 5.91 Å². The number of hydrogen-bond donors (Lipinski definition) is 2. The molecule has 4 rings (SSSR count). The molecule has 117 valence electrons. The molecule has 1 saturated heterocycles. The number of aromatic amines is 1. The fourth-order valence-corrected chi connectivity index (χ4v) is 3.52. The molecule has 0 spiro atoms. The lowest BCUT2D eigenvalue weighted by Gasteiger charge is -2.41. The first-order valence-electron chi connectivity index (χ1n) is 7.77. The number of fused-ring (bicyclic) bond motifs is 3. The summed E-state index contributed by atoms with van der Waals surface area (Å²) in [5.74, 6) is -0.326. The lowest BCUT2D eigenvalue weighted by Crippen LogP contribution is -2.52. The highest BCUT2D eigenvalue weighted by Crippen LogP contribution is 2.36. The molecule has 2 atom stereocenters. The van der Waals surface area contributed by atoms with Gasteiger partial charge in [0.05, 0.1) is 11.9 Å². The van der Waals surface area contributed by atoms with E-state index in [0.29, 0.717) is 0 Å². The number of nitrogens with one attached hydrogen (secondary N) is 1. The summed E-state index contributed by atoms with van der Waals surface area (Å²) in [5, 5.41) is 3.04. The Bertz CT molecular complexity index is 887. The third-order valence-electron chi connectivity index (χ3n) is 4.60. The van der Waals surface area contributed by atoms with Crippen molar-refractivity contribution in [1.82, 2.24) is 15.0 Å². The summed E-state index contributed by atoms with van der Waals surface area (Å²) in [5.41, 5.74) is 7.40. The second kappa shape index (κ2) is 5.22. The maximum atomic E-state index is 11.9. The third kappa shape index (κ3) is 2.13. The van der Waals surface area contributed by atoms with Crippen LogP contribution >= 0.6 is 0 Å². The van der Waals surface area contributed by atoms with Gasteiger partial charge < -0.3 is 15.6 Å². The summed E-state index contributed by atoms with van der Waals surface area (Å²) < 4.78 is 0. The predicted molar refractivity (Wildman–Crippen MR) is 89.9 cm³/mol. The number of hydrogen-bond acceptors (Lipinski definition) is 4. The van der Waals surface area contributed by atoms with Gasteiger partial charge >= 0.3 is 0 Å². The largest absolute Gasteiger partial charge is 0.368 e. The van der Waals surface area contributed by atoms with Crippen LogP contribution in [0.4, 0.5) is 5.69 Å². The fraction of sp³-hybridized carbons (Fsp3) is 0.294. The van der Waals surface area contributed by atoms with E-state index < -0.39 is 6.04 Å². The van der Waals surface area contributed by atoms with Crippen molar-refractivity contribution in [2.75, 3.05) is 4.90 Å². The minimum atomic E-state index is -0.409. The Morgan fingerprint density at radius 3 is 3.09 bits per heavy atom. The molecule has 3 N–H and O–H groups in total. The average Bonchev–Trinajstić information content (AvgIpc) is 3.02. The van der Waals surface area contributed by atoms with Crippen LogP contribution in [0.15, 0.2) is 30.9 Å². The Hall–Kier alpha value is -2.63. The molecule has 1 fully saturated rings. The lowest BCUT2D eigenvalue weighted by molar-refractivity contribution is -0.119. The van der Waals surface area contributed by atoms with Crippen LogP contribution in [0.2, 0.25) is 0 Å². The standard InChI is InChI=1S/C17H18N5O/c1-10-3-2-4-13(16(18)23)22(10)14-9-19-7-11-8-21-17-12(15(11)14)5-6-20-17/h4-10,13H,2-3H2,1H3,(H2,18,23)(H,20,21). The highest BCUT2D eigenvalue weighted by atomic mass is 16.1. The molecule has 0 saturated carbocycles. The first kappa shape index (κ1) is 14.0. The zero-order valence-corrected chi connectivity index (χ0v) is 12.9. The van der Waals surface area contributed by atoms with E-state index >= 15 is 0 Å². The topological polar surface area (TPSA) is 87.9 Å². The van der Waals surface area contributed by atoms with Gasteiger partial charge in [-0.05, 0) is 32.3 Å². The zero-order valence-electron chi connectivity index (χ0n) is 12.9. The van der Waals surface area contributed by atoms with Crippen molar-refractivity contribution in [1.29, 1.82) is 0 Å². The fourth-order valence-electron chi connectivity index (χ4n) is 3.52. The van der Waals surface area contributed by atoms with Crippen molar-refractivity contribution in [2.24, 2.45) is 5.73 Å². The minimum Gasteiger partial charge on any atom is -0.368 e. The normalized spacial score (nSPS) is 21.9. The van der Waals surface area contributed by atoms with E-state index in [1.54, 1.807) is 6.20 Å². The number of primary amides is 1. The number of anilines is 1. The van der Waals surface area contributed by atoms with Gasteiger partial charge in [-0.25, -0.2) is 4.98 Å². The molecule has 6 nitrogen and oxygen atoms in total. The van der Waals surface area contributed by atoms with Gasteiger partial charge in [-0.2, -0.15) is 0 Å². The number of nitrogens with zero attached hydrogens (tertiary/aromatic N) is 3. The number of pyridine rings is 2. The molecule has 1 radical (unpaired) electrons. The summed E-state index contributed by atoms with van der Waals surface area (Å²) in [6.07, 6.45) is 11.2. The number of H-pyrrole nitrogens is 1. The van der Waals surface area contributed by atoms with Crippen LogP contribution in [0.3, 0.4) is 0 Å². The molecule has 3 aromatic rings. The zero-order chi connectivity index (χ0) is 16.0. The molecule has 2 unspecified atom stereocenters. The highest BCUT2D eigenvalue weighted by Gasteiger charge is 2.33. The molecule has 0 aliphatic carbocycles. The van der Waals surface area contributed by atoms with Crippen molar-refractivity contribution >= 4 is 33.4 Å². The van der Waals surface area contributed by atoms with Gasteiger partial charge in [-0.1, -0.05) is 0 Å². The number of carbonyl (C=O) groups is 1. The van der Waals surface area contributed by atoms with E-state index in [0.717, 1.165) is 40.3 Å². The van der Waals surface area contributed by atoms with Crippen molar-refractivity contribution in [3.05, 3.63) is 37.3 Å². The van der Waals surface area contributed by atoms with Crippen molar-refractivity contribution < 1.29 is 4.79 Å². The summed E-state index contributed by atoms with van der Waals surface area (Å²) in [6, 6.07) is 1.81. The Balaban J connectivity index is 1.99. The Labute approximate surface area is 133 Å². The van der Waals surface area contributed by atoms with E-state index in [-0.39, 0.29) is 11.9 Å². The van der Waals surface area contributed by atoms with E-state index in [9.17, 15) is 4.79 Å². The van der Waals surface area contributed by atoms with Crippen molar-refractivity contribution in [2.45, 2.75) is 31.8 Å². The Morgan fingerprint density at radius 1 is 1.39 bits per heavy atom. The van der Waals surface area contributed by atoms with Gasteiger partial charge in [0, 0.05) is 40.8 Å². The molecule has 3 aromatic heterocycles. The molecular weight excluding hydrogens is 290 g/mol. The number of amides is 1. The van der Waals surface area contributed by atoms with E-state index in [4.69, 9.17) is 5.73 Å². The number of carbonyl (C=O) groups excluding carboxylic acids is 1. The van der Waals surface area contributed by atoms with Gasteiger partial charge in [-0.3, -0.25) is 9.78 Å². The van der Waals surface area contributed by atoms with Crippen LogP contribution in [-0.2, 0) is 4.79 Å². The quantitative estimate of drug-likeness (QED) is 0.759. The maximum absolute atomic E-state index is 11.9.